The molecule has 4 heteroatoms. The fourth-order valence-corrected chi connectivity index (χ4v) is 2.96. The van der Waals surface area contributed by atoms with Gasteiger partial charge in [0.1, 0.15) is 6.17 Å². The predicted molar refractivity (Wildman–Crippen MR) is 73.9 cm³/mol. The average molecular weight is 262 g/mol. The molecule has 102 valence electrons. The summed E-state index contributed by atoms with van der Waals surface area (Å²) in [5.41, 5.74) is 3.70. The Morgan fingerprint density at radius 2 is 2.26 bits per heavy atom. The maximum Gasteiger partial charge on any atom is 0.136 e. The van der Waals surface area contributed by atoms with E-state index < -0.39 is 12.8 Å². The zero-order chi connectivity index (χ0) is 13.4. The van der Waals surface area contributed by atoms with E-state index in [1.165, 1.54) is 16.6 Å². The first-order chi connectivity index (χ1) is 9.19. The SMILES string of the molecule is C[C@@H]1Cc2c([nH]c3ccccc23)CN1C[C@@H](F)CO. The van der Waals surface area contributed by atoms with Gasteiger partial charge in [0.05, 0.1) is 6.61 Å². The van der Waals surface area contributed by atoms with E-state index in [0.717, 1.165) is 18.5 Å². The van der Waals surface area contributed by atoms with Crippen molar-refractivity contribution in [2.24, 2.45) is 0 Å². The largest absolute Gasteiger partial charge is 0.393 e. The lowest BCUT2D eigenvalue weighted by Crippen LogP contribution is -2.42. The monoisotopic (exact) mass is 262 g/mol. The molecule has 2 heterocycles. The number of aromatic amines is 1. The average Bonchev–Trinajstić information content (AvgIpc) is 2.77. The van der Waals surface area contributed by atoms with Crippen LogP contribution in [0, 0.1) is 0 Å². The number of rotatable bonds is 3. The Labute approximate surface area is 112 Å². The summed E-state index contributed by atoms with van der Waals surface area (Å²) in [7, 11) is 0. The molecule has 1 aliphatic rings. The molecule has 1 aromatic carbocycles. The zero-order valence-electron chi connectivity index (χ0n) is 11.1. The van der Waals surface area contributed by atoms with Crippen molar-refractivity contribution in [2.75, 3.05) is 13.2 Å². The van der Waals surface area contributed by atoms with Crippen LogP contribution in [0.2, 0.25) is 0 Å². The summed E-state index contributed by atoms with van der Waals surface area (Å²) in [5.74, 6) is 0. The van der Waals surface area contributed by atoms with Crippen LogP contribution in [0.25, 0.3) is 10.9 Å². The standard InChI is InChI=1S/C15H19FN2O/c1-10-6-13-12-4-2-3-5-14(12)17-15(13)8-18(10)7-11(16)9-19/h2-5,10-11,17,19H,6-9H2,1H3/t10-,11-/m1/s1. The lowest BCUT2D eigenvalue weighted by Gasteiger charge is -2.34. The number of halogens is 1. The number of H-pyrrole nitrogens is 1. The van der Waals surface area contributed by atoms with Gasteiger partial charge >= 0.3 is 0 Å². The van der Waals surface area contributed by atoms with E-state index in [0.29, 0.717) is 12.6 Å². The number of nitrogens with zero attached hydrogens (tertiary/aromatic N) is 1. The molecule has 1 aliphatic heterocycles. The van der Waals surface area contributed by atoms with Gasteiger partial charge in [0.2, 0.25) is 0 Å². The lowest BCUT2D eigenvalue weighted by atomic mass is 9.97. The van der Waals surface area contributed by atoms with E-state index in [2.05, 4.69) is 35.0 Å². The third-order valence-electron chi connectivity index (χ3n) is 4.02. The molecule has 0 unspecified atom stereocenters. The van der Waals surface area contributed by atoms with Gasteiger partial charge in [-0.15, -0.1) is 0 Å². The molecule has 3 nitrogen and oxygen atoms in total. The number of para-hydroxylation sites is 1. The van der Waals surface area contributed by atoms with Crippen LogP contribution in [0.15, 0.2) is 24.3 Å². The fourth-order valence-electron chi connectivity index (χ4n) is 2.96. The van der Waals surface area contributed by atoms with Crippen LogP contribution in [0.5, 0.6) is 0 Å². The molecule has 2 N–H and O–H groups in total. The molecule has 2 atom stereocenters. The van der Waals surface area contributed by atoms with E-state index in [1.54, 1.807) is 0 Å². The van der Waals surface area contributed by atoms with Gasteiger partial charge in [-0.25, -0.2) is 4.39 Å². The maximum atomic E-state index is 13.4. The van der Waals surface area contributed by atoms with Gasteiger partial charge in [-0.3, -0.25) is 4.90 Å². The van der Waals surface area contributed by atoms with Crippen LogP contribution in [-0.2, 0) is 13.0 Å². The molecule has 0 aliphatic carbocycles. The van der Waals surface area contributed by atoms with Gasteiger partial charge in [-0.05, 0) is 25.0 Å². The second-order valence-electron chi connectivity index (χ2n) is 5.39. The summed E-state index contributed by atoms with van der Waals surface area (Å²) in [6.45, 7) is 2.75. The van der Waals surface area contributed by atoms with Gasteiger partial charge in [-0.2, -0.15) is 0 Å². The van der Waals surface area contributed by atoms with Crippen molar-refractivity contribution in [3.63, 3.8) is 0 Å². The number of fused-ring (bicyclic) bond motifs is 3. The third kappa shape index (κ3) is 2.26. The van der Waals surface area contributed by atoms with Gasteiger partial charge in [0, 0.05) is 35.7 Å². The molecule has 0 spiro atoms. The molecule has 1 aromatic heterocycles. The minimum absolute atomic E-state index is 0.298. The molecule has 0 bridgehead atoms. The predicted octanol–water partition coefficient (Wildman–Crippen LogP) is 2.24. The smallest absolute Gasteiger partial charge is 0.136 e. The van der Waals surface area contributed by atoms with E-state index in [-0.39, 0.29) is 0 Å². The number of aliphatic hydroxyl groups excluding tert-OH is 1. The van der Waals surface area contributed by atoms with Crippen LogP contribution < -0.4 is 0 Å². The molecule has 2 aromatic rings. The zero-order valence-corrected chi connectivity index (χ0v) is 11.1. The van der Waals surface area contributed by atoms with Crippen molar-refractivity contribution in [2.45, 2.75) is 32.1 Å². The van der Waals surface area contributed by atoms with Crippen molar-refractivity contribution >= 4 is 10.9 Å². The summed E-state index contributed by atoms with van der Waals surface area (Å²) in [6.07, 6.45) is -0.231. The quantitative estimate of drug-likeness (QED) is 0.890. The van der Waals surface area contributed by atoms with Crippen molar-refractivity contribution in [3.8, 4) is 0 Å². The van der Waals surface area contributed by atoms with Crippen LogP contribution in [0.4, 0.5) is 4.39 Å². The second-order valence-corrected chi connectivity index (χ2v) is 5.39. The van der Waals surface area contributed by atoms with E-state index >= 15 is 0 Å². The van der Waals surface area contributed by atoms with Gasteiger partial charge in [0.25, 0.3) is 0 Å². The molecular weight excluding hydrogens is 243 g/mol. The molecule has 0 amide bonds. The summed E-state index contributed by atoms with van der Waals surface area (Å²) < 4.78 is 13.4. The summed E-state index contributed by atoms with van der Waals surface area (Å²) in [5, 5.41) is 10.1. The van der Waals surface area contributed by atoms with Gasteiger partial charge < -0.3 is 10.1 Å². The van der Waals surface area contributed by atoms with Gasteiger partial charge in [0.15, 0.2) is 0 Å². The second kappa shape index (κ2) is 4.94. The lowest BCUT2D eigenvalue weighted by molar-refractivity contribution is 0.0940. The molecule has 0 saturated carbocycles. The first-order valence-corrected chi connectivity index (χ1v) is 6.76. The first kappa shape index (κ1) is 12.6. The maximum absolute atomic E-state index is 13.4. The van der Waals surface area contributed by atoms with Crippen molar-refractivity contribution in [3.05, 3.63) is 35.5 Å². The minimum Gasteiger partial charge on any atom is -0.393 e. The number of benzene rings is 1. The van der Waals surface area contributed by atoms with Gasteiger partial charge in [-0.1, -0.05) is 18.2 Å². The number of hydrogen-bond acceptors (Lipinski definition) is 2. The summed E-state index contributed by atoms with van der Waals surface area (Å²) in [6, 6.07) is 8.59. The number of aromatic nitrogens is 1. The molecule has 19 heavy (non-hydrogen) atoms. The molecular formula is C15H19FN2O. The highest BCUT2D eigenvalue weighted by Gasteiger charge is 2.27. The molecule has 3 rings (SSSR count). The summed E-state index contributed by atoms with van der Waals surface area (Å²) in [4.78, 5) is 5.53. The highest BCUT2D eigenvalue weighted by Crippen LogP contribution is 2.30. The minimum atomic E-state index is -1.16. The van der Waals surface area contributed by atoms with Crippen LogP contribution in [-0.4, -0.2) is 40.4 Å². The van der Waals surface area contributed by atoms with E-state index in [1.807, 2.05) is 6.07 Å². The number of aliphatic hydroxyl groups is 1. The molecule has 0 fully saturated rings. The van der Waals surface area contributed by atoms with Crippen LogP contribution in [0.1, 0.15) is 18.2 Å². The normalized spacial score (nSPS) is 21.5. The number of hydrogen-bond donors (Lipinski definition) is 2. The van der Waals surface area contributed by atoms with Crippen LogP contribution in [0.3, 0.4) is 0 Å². The van der Waals surface area contributed by atoms with Crippen molar-refractivity contribution < 1.29 is 9.50 Å². The molecule has 0 saturated heterocycles. The Bertz CT molecular complexity index is 581. The highest BCUT2D eigenvalue weighted by atomic mass is 19.1. The fraction of sp³-hybridized carbons (Fsp3) is 0.467. The van der Waals surface area contributed by atoms with E-state index in [9.17, 15) is 4.39 Å². The topological polar surface area (TPSA) is 39.3 Å². The number of nitrogens with one attached hydrogen (secondary N) is 1. The van der Waals surface area contributed by atoms with Crippen molar-refractivity contribution in [1.82, 2.24) is 9.88 Å². The van der Waals surface area contributed by atoms with E-state index in [4.69, 9.17) is 5.11 Å². The van der Waals surface area contributed by atoms with Crippen LogP contribution >= 0.6 is 0 Å². The summed E-state index contributed by atoms with van der Waals surface area (Å²) >= 11 is 0. The Hall–Kier alpha value is -1.39. The Morgan fingerprint density at radius 3 is 3.05 bits per heavy atom. The molecule has 0 radical (unpaired) electrons. The Morgan fingerprint density at radius 1 is 1.47 bits per heavy atom. The van der Waals surface area contributed by atoms with Crippen molar-refractivity contribution in [1.29, 1.82) is 0 Å². The Balaban J connectivity index is 1.90. The first-order valence-electron chi connectivity index (χ1n) is 6.76. The Kier molecular flexibility index (Phi) is 3.29. The number of alkyl halides is 1. The third-order valence-corrected chi connectivity index (χ3v) is 4.02. The highest BCUT2D eigenvalue weighted by molar-refractivity contribution is 5.84.